The van der Waals surface area contributed by atoms with Crippen LogP contribution in [0, 0.1) is 0 Å². The van der Waals surface area contributed by atoms with Gasteiger partial charge >= 0.3 is 0 Å². The minimum Gasteiger partial charge on any atom is -0.265 e. The molecular weight excluding hydrogens is 356 g/mol. The molecule has 2 aromatic carbocycles. The van der Waals surface area contributed by atoms with Gasteiger partial charge in [0, 0.05) is 10.6 Å². The van der Waals surface area contributed by atoms with Gasteiger partial charge < -0.3 is 0 Å². The number of hydrogen-bond acceptors (Lipinski definition) is 2. The molecule has 0 spiro atoms. The topological polar surface area (TPSA) is 41.8 Å². The standard InChI is InChI=1S/C23H27ClN2O/c1-15-19(22(2,3)4)12-16(13-20(15)23(5,6)7)14-25-26-21(27)17-8-10-18(24)11-9-17/h8-14H,1H2,2-7H3. The van der Waals surface area contributed by atoms with E-state index in [2.05, 4.69) is 70.5 Å². The van der Waals surface area contributed by atoms with E-state index < -0.39 is 5.91 Å². The first-order chi connectivity index (χ1) is 12.4. The molecule has 0 saturated heterocycles. The summed E-state index contributed by atoms with van der Waals surface area (Å²) >= 11 is 5.84. The third-order valence-corrected chi connectivity index (χ3v) is 4.59. The molecule has 0 aliphatic rings. The number of amides is 1. The van der Waals surface area contributed by atoms with Gasteiger partial charge in [-0.15, -0.1) is 5.11 Å². The number of carbonyl (C=O) groups is 1. The molecule has 0 aromatic heterocycles. The molecule has 2 rings (SSSR count). The summed E-state index contributed by atoms with van der Waals surface area (Å²) in [5.74, 6) is -0.399. The minimum absolute atomic E-state index is 0.0444. The molecule has 4 heteroatoms. The third kappa shape index (κ3) is 5.36. The van der Waals surface area contributed by atoms with E-state index in [1.54, 1.807) is 30.5 Å². The maximum absolute atomic E-state index is 12.1. The summed E-state index contributed by atoms with van der Waals surface area (Å²) in [6.07, 6.45) is 1.62. The second kappa shape index (κ2) is 7.77. The summed E-state index contributed by atoms with van der Waals surface area (Å²) in [6.45, 7) is 17.3. The van der Waals surface area contributed by atoms with Crippen molar-refractivity contribution in [3.05, 3.63) is 68.5 Å². The van der Waals surface area contributed by atoms with E-state index in [4.69, 9.17) is 11.6 Å². The van der Waals surface area contributed by atoms with Gasteiger partial charge in [0.15, 0.2) is 0 Å². The Labute approximate surface area is 166 Å². The number of benzene rings is 2. The number of halogens is 1. The van der Waals surface area contributed by atoms with Crippen molar-refractivity contribution in [2.45, 2.75) is 52.4 Å². The first kappa shape index (κ1) is 21.0. The molecule has 2 aromatic rings. The lowest BCUT2D eigenvalue weighted by Gasteiger charge is -2.26. The number of hydrogen-bond donors (Lipinski definition) is 0. The molecule has 27 heavy (non-hydrogen) atoms. The van der Waals surface area contributed by atoms with Crippen molar-refractivity contribution >= 4 is 30.3 Å². The van der Waals surface area contributed by atoms with Gasteiger partial charge in [-0.25, -0.2) is 0 Å². The van der Waals surface area contributed by atoms with Gasteiger partial charge in [-0.05, 0) is 68.8 Å². The van der Waals surface area contributed by atoms with Crippen molar-refractivity contribution < 1.29 is 4.79 Å². The Morgan fingerprint density at radius 3 is 1.89 bits per heavy atom. The normalized spacial score (nSPS) is 12.4. The van der Waals surface area contributed by atoms with Crippen molar-refractivity contribution in [2.24, 2.45) is 10.2 Å². The van der Waals surface area contributed by atoms with Crippen molar-refractivity contribution in [3.63, 3.8) is 0 Å². The Kier molecular flexibility index (Phi) is 6.06. The fourth-order valence-electron chi connectivity index (χ4n) is 2.91. The predicted molar refractivity (Wildman–Crippen MR) is 114 cm³/mol. The van der Waals surface area contributed by atoms with E-state index in [0.29, 0.717) is 10.6 Å². The summed E-state index contributed by atoms with van der Waals surface area (Å²) in [7, 11) is 0. The van der Waals surface area contributed by atoms with E-state index in [-0.39, 0.29) is 10.8 Å². The average molecular weight is 383 g/mol. The van der Waals surface area contributed by atoms with Crippen LogP contribution in [0.1, 0.15) is 63.0 Å². The highest BCUT2D eigenvalue weighted by atomic mass is 35.5. The molecule has 0 heterocycles. The van der Waals surface area contributed by atoms with Crippen LogP contribution in [0.4, 0.5) is 0 Å². The molecule has 3 nitrogen and oxygen atoms in total. The zero-order valence-electron chi connectivity index (χ0n) is 16.9. The molecule has 142 valence electrons. The Hall–Kier alpha value is -2.26. The van der Waals surface area contributed by atoms with Gasteiger partial charge in [0.1, 0.15) is 0 Å². The predicted octanol–water partition coefficient (Wildman–Crippen LogP) is 5.38. The van der Waals surface area contributed by atoms with E-state index >= 15 is 0 Å². The zero-order valence-corrected chi connectivity index (χ0v) is 17.7. The van der Waals surface area contributed by atoms with Gasteiger partial charge in [-0.2, -0.15) is 5.11 Å². The van der Waals surface area contributed by atoms with E-state index in [1.165, 1.54) is 11.1 Å². The van der Waals surface area contributed by atoms with Gasteiger partial charge in [0.05, 0.1) is 6.20 Å². The highest BCUT2D eigenvalue weighted by Gasteiger charge is 2.21. The van der Waals surface area contributed by atoms with Crippen LogP contribution in [-0.4, -0.2) is 5.91 Å². The van der Waals surface area contributed by atoms with Crippen LogP contribution < -0.4 is 10.4 Å². The Morgan fingerprint density at radius 1 is 0.963 bits per heavy atom. The van der Waals surface area contributed by atoms with Crippen LogP contribution >= 0.6 is 11.6 Å². The van der Waals surface area contributed by atoms with Crippen LogP contribution in [-0.2, 0) is 10.8 Å². The second-order valence-corrected chi connectivity index (χ2v) is 9.19. The van der Waals surface area contributed by atoms with Crippen LogP contribution in [0.2, 0.25) is 5.02 Å². The van der Waals surface area contributed by atoms with E-state index in [9.17, 15) is 4.79 Å². The molecule has 0 aliphatic carbocycles. The van der Waals surface area contributed by atoms with Crippen LogP contribution in [0.5, 0.6) is 0 Å². The number of nitrogens with zero attached hydrogens (tertiary/aromatic N) is 2. The quantitative estimate of drug-likeness (QED) is 0.643. The summed E-state index contributed by atoms with van der Waals surface area (Å²) in [5.41, 5.74) is 2.70. The zero-order chi connectivity index (χ0) is 20.4. The maximum Gasteiger partial charge on any atom is 0.295 e. The number of rotatable bonds is 2. The van der Waals surface area contributed by atoms with Crippen LogP contribution in [0.3, 0.4) is 0 Å². The Balaban J connectivity index is 2.46. The number of carbonyl (C=O) groups excluding carboxylic acids is 1. The maximum atomic E-state index is 12.1. The highest BCUT2D eigenvalue weighted by molar-refractivity contribution is 6.30. The highest BCUT2D eigenvalue weighted by Crippen LogP contribution is 2.22. The first-order valence-electron chi connectivity index (χ1n) is 8.94. The SMILES string of the molecule is C=c1c(C(C)(C)C)cc(=CN=NC(=O)c2ccc(Cl)cc2)cc1C(C)(C)C. The smallest absolute Gasteiger partial charge is 0.265 e. The lowest BCUT2D eigenvalue weighted by atomic mass is 9.78. The van der Waals surface area contributed by atoms with Gasteiger partial charge in [0.25, 0.3) is 5.91 Å². The monoisotopic (exact) mass is 382 g/mol. The summed E-state index contributed by atoms with van der Waals surface area (Å²) in [5, 5.41) is 10.4. The van der Waals surface area contributed by atoms with E-state index in [0.717, 1.165) is 10.4 Å². The van der Waals surface area contributed by atoms with Crippen molar-refractivity contribution in [1.82, 2.24) is 0 Å². The largest absolute Gasteiger partial charge is 0.295 e. The lowest BCUT2D eigenvalue weighted by molar-refractivity contribution is 0.0995. The van der Waals surface area contributed by atoms with E-state index in [1.807, 2.05) is 0 Å². The van der Waals surface area contributed by atoms with Gasteiger partial charge in [-0.1, -0.05) is 59.7 Å². The third-order valence-electron chi connectivity index (χ3n) is 4.33. The minimum atomic E-state index is -0.399. The summed E-state index contributed by atoms with van der Waals surface area (Å²) in [6, 6.07) is 10.7. The molecule has 0 saturated carbocycles. The fraction of sp³-hybridized carbons (Fsp3) is 0.348. The van der Waals surface area contributed by atoms with Gasteiger partial charge in [-0.3, -0.25) is 4.79 Å². The number of azo groups is 1. The average Bonchev–Trinajstić information content (AvgIpc) is 2.54. The molecule has 0 fully saturated rings. The molecule has 1 amide bonds. The van der Waals surface area contributed by atoms with Gasteiger partial charge in [0.2, 0.25) is 0 Å². The molecule has 0 aliphatic heterocycles. The molecule has 0 unspecified atom stereocenters. The van der Waals surface area contributed by atoms with Crippen LogP contribution in [0.15, 0.2) is 46.6 Å². The Bertz CT molecular complexity index is 934. The summed E-state index contributed by atoms with van der Waals surface area (Å²) in [4.78, 5) is 12.1. The molecule has 0 bridgehead atoms. The first-order valence-corrected chi connectivity index (χ1v) is 9.32. The molecule has 0 atom stereocenters. The second-order valence-electron chi connectivity index (χ2n) is 8.75. The molecular formula is C23H27ClN2O. The van der Waals surface area contributed by atoms with Crippen molar-refractivity contribution in [2.75, 3.05) is 0 Å². The lowest BCUT2D eigenvalue weighted by Crippen LogP contribution is -2.32. The van der Waals surface area contributed by atoms with Crippen molar-refractivity contribution in [3.8, 4) is 0 Å². The molecule has 0 radical (unpaired) electrons. The Morgan fingerprint density at radius 2 is 1.44 bits per heavy atom. The fourth-order valence-corrected chi connectivity index (χ4v) is 3.03. The van der Waals surface area contributed by atoms with Crippen molar-refractivity contribution in [1.29, 1.82) is 0 Å². The summed E-state index contributed by atoms with van der Waals surface area (Å²) < 4.78 is 0. The molecule has 0 N–H and O–H groups in total. The van der Waals surface area contributed by atoms with Crippen LogP contribution in [0.25, 0.3) is 12.8 Å².